The van der Waals surface area contributed by atoms with E-state index in [1.54, 1.807) is 6.07 Å². The molecular weight excluding hydrogens is 243 g/mol. The van der Waals surface area contributed by atoms with Crippen LogP contribution in [0, 0.1) is 0 Å². The molecule has 0 aliphatic rings. The molecule has 1 N–H and O–H groups in total. The molecule has 1 aromatic carbocycles. The van der Waals surface area contributed by atoms with Crippen LogP contribution in [0.2, 0.25) is 0 Å². The Morgan fingerprint density at radius 3 is 2.25 bits per heavy atom. The molecule has 0 heterocycles. The molecule has 6 heteroatoms. The van der Waals surface area contributed by atoms with Gasteiger partial charge in [0.1, 0.15) is 0 Å². The molecule has 0 aliphatic heterocycles. The standard InChI is InChI=1S/C6H5AsO4S/c8-7-5-3-1-2-4-6(5)12(9,10)11/h1-4H,(H,9,10,11). The summed E-state index contributed by atoms with van der Waals surface area (Å²) in [5.41, 5.74) is 0. The summed E-state index contributed by atoms with van der Waals surface area (Å²) in [7, 11) is -4.22. The van der Waals surface area contributed by atoms with Crippen LogP contribution in [-0.4, -0.2) is 28.7 Å². The van der Waals surface area contributed by atoms with Crippen LogP contribution >= 0.6 is 0 Å². The van der Waals surface area contributed by atoms with E-state index in [-0.39, 0.29) is 9.25 Å². The Labute approximate surface area is 76.3 Å². The molecule has 0 spiro atoms. The molecule has 0 bridgehead atoms. The minimum atomic E-state index is -4.22. The van der Waals surface area contributed by atoms with Crippen LogP contribution in [-0.2, 0) is 13.9 Å². The predicted octanol–water partition coefficient (Wildman–Crippen LogP) is -0.392. The van der Waals surface area contributed by atoms with Crippen molar-refractivity contribution >= 4 is 30.2 Å². The first-order valence-electron chi connectivity index (χ1n) is 2.95. The van der Waals surface area contributed by atoms with Gasteiger partial charge in [-0.25, -0.2) is 0 Å². The van der Waals surface area contributed by atoms with Gasteiger partial charge in [0, 0.05) is 0 Å². The summed E-state index contributed by atoms with van der Waals surface area (Å²) in [5.74, 6) is 0. The average Bonchev–Trinajstić information content (AvgIpc) is 2.03. The van der Waals surface area contributed by atoms with E-state index in [0.29, 0.717) is 0 Å². The zero-order valence-electron chi connectivity index (χ0n) is 5.84. The van der Waals surface area contributed by atoms with Gasteiger partial charge in [-0.15, -0.1) is 0 Å². The first kappa shape index (κ1) is 9.58. The van der Waals surface area contributed by atoms with Gasteiger partial charge >= 0.3 is 76.0 Å². The Morgan fingerprint density at radius 2 is 1.83 bits per heavy atom. The number of benzene rings is 1. The van der Waals surface area contributed by atoms with Gasteiger partial charge in [-0.2, -0.15) is 0 Å². The van der Waals surface area contributed by atoms with Gasteiger partial charge in [0.05, 0.1) is 0 Å². The number of hydrogen-bond acceptors (Lipinski definition) is 3. The van der Waals surface area contributed by atoms with Gasteiger partial charge in [-0.1, -0.05) is 0 Å². The van der Waals surface area contributed by atoms with Crippen molar-refractivity contribution in [1.29, 1.82) is 0 Å². The molecule has 0 fully saturated rings. The maximum absolute atomic E-state index is 10.6. The van der Waals surface area contributed by atoms with Crippen molar-refractivity contribution in [2.45, 2.75) is 4.90 Å². The van der Waals surface area contributed by atoms with Crippen molar-refractivity contribution < 1.29 is 16.7 Å². The van der Waals surface area contributed by atoms with E-state index in [9.17, 15) is 12.2 Å². The van der Waals surface area contributed by atoms with Gasteiger partial charge in [-0.3, -0.25) is 0 Å². The molecule has 12 heavy (non-hydrogen) atoms. The third kappa shape index (κ3) is 2.00. The van der Waals surface area contributed by atoms with Crippen LogP contribution in [0.25, 0.3) is 0 Å². The fourth-order valence-corrected chi connectivity index (χ4v) is 2.91. The van der Waals surface area contributed by atoms with E-state index in [0.717, 1.165) is 0 Å². The van der Waals surface area contributed by atoms with Crippen LogP contribution in [0.4, 0.5) is 0 Å². The summed E-state index contributed by atoms with van der Waals surface area (Å²) in [6.45, 7) is 0. The molecule has 0 aliphatic carbocycles. The molecule has 1 aromatic rings. The molecular formula is C6H5AsO4S. The summed E-state index contributed by atoms with van der Waals surface area (Å²) in [6.07, 6.45) is 0. The molecule has 0 atom stereocenters. The molecule has 0 saturated carbocycles. The van der Waals surface area contributed by atoms with E-state index < -0.39 is 25.8 Å². The Balaban J connectivity index is 3.43. The molecule has 1 rings (SSSR count). The summed E-state index contributed by atoms with van der Waals surface area (Å²) < 4.78 is 40.6. The van der Waals surface area contributed by atoms with E-state index in [1.165, 1.54) is 18.2 Å². The zero-order valence-corrected chi connectivity index (χ0v) is 8.53. The Morgan fingerprint density at radius 1 is 1.25 bits per heavy atom. The van der Waals surface area contributed by atoms with Crippen LogP contribution in [0.3, 0.4) is 0 Å². The van der Waals surface area contributed by atoms with Crippen LogP contribution in [0.5, 0.6) is 0 Å². The molecule has 0 saturated heterocycles. The van der Waals surface area contributed by atoms with Crippen molar-refractivity contribution in [2.24, 2.45) is 0 Å². The minimum absolute atomic E-state index is 0.177. The molecule has 0 radical (unpaired) electrons. The number of rotatable bonds is 2. The van der Waals surface area contributed by atoms with Crippen LogP contribution in [0.1, 0.15) is 0 Å². The Kier molecular flexibility index (Phi) is 2.77. The van der Waals surface area contributed by atoms with Gasteiger partial charge in [0.15, 0.2) is 0 Å². The van der Waals surface area contributed by atoms with Crippen molar-refractivity contribution in [2.75, 3.05) is 0 Å². The number of hydrogen-bond donors (Lipinski definition) is 1. The normalized spacial score (nSPS) is 11.8. The third-order valence-corrected chi connectivity index (χ3v) is 3.71. The summed E-state index contributed by atoms with van der Waals surface area (Å²) in [4.78, 5) is -0.264. The topological polar surface area (TPSA) is 71.4 Å². The fourth-order valence-electron chi connectivity index (χ4n) is 0.751. The van der Waals surface area contributed by atoms with E-state index in [2.05, 4.69) is 0 Å². The van der Waals surface area contributed by atoms with Crippen molar-refractivity contribution in [3.63, 3.8) is 0 Å². The van der Waals surface area contributed by atoms with Gasteiger partial charge < -0.3 is 0 Å². The van der Waals surface area contributed by atoms with E-state index in [4.69, 9.17) is 4.55 Å². The summed E-state index contributed by atoms with van der Waals surface area (Å²) >= 11 is -1.43. The van der Waals surface area contributed by atoms with Crippen LogP contribution < -0.4 is 4.35 Å². The monoisotopic (exact) mass is 248 g/mol. The Hall–Kier alpha value is -0.512. The first-order valence-corrected chi connectivity index (χ1v) is 6.10. The van der Waals surface area contributed by atoms with Crippen molar-refractivity contribution in [1.82, 2.24) is 0 Å². The first-order chi connectivity index (χ1) is 5.55. The average molecular weight is 248 g/mol. The van der Waals surface area contributed by atoms with Crippen molar-refractivity contribution in [3.05, 3.63) is 24.3 Å². The summed E-state index contributed by atoms with van der Waals surface area (Å²) in [5, 5.41) is 0. The van der Waals surface area contributed by atoms with Gasteiger partial charge in [-0.05, 0) is 0 Å². The maximum atomic E-state index is 10.6. The van der Waals surface area contributed by atoms with Gasteiger partial charge in [0.25, 0.3) is 0 Å². The second kappa shape index (κ2) is 3.47. The Bertz CT molecular complexity index is 398. The van der Waals surface area contributed by atoms with Gasteiger partial charge in [0.2, 0.25) is 0 Å². The molecule has 0 aromatic heterocycles. The zero-order chi connectivity index (χ0) is 9.19. The predicted molar refractivity (Wildman–Crippen MR) is 42.3 cm³/mol. The quantitative estimate of drug-likeness (QED) is 0.571. The fraction of sp³-hybridized carbons (Fsp3) is 0. The van der Waals surface area contributed by atoms with E-state index >= 15 is 0 Å². The molecule has 0 amide bonds. The summed E-state index contributed by atoms with van der Waals surface area (Å²) in [6, 6.07) is 5.66. The van der Waals surface area contributed by atoms with E-state index in [1.807, 2.05) is 0 Å². The second-order valence-corrected chi connectivity index (χ2v) is 4.82. The third-order valence-electron chi connectivity index (χ3n) is 1.24. The molecule has 0 unspecified atom stereocenters. The SMILES string of the molecule is O=[As]c1ccccc1S(=O)(=O)O. The van der Waals surface area contributed by atoms with Crippen molar-refractivity contribution in [3.8, 4) is 0 Å². The molecule has 4 nitrogen and oxygen atoms in total. The van der Waals surface area contributed by atoms with Crippen LogP contribution in [0.15, 0.2) is 29.2 Å². The second-order valence-electron chi connectivity index (χ2n) is 2.03. The molecule has 64 valence electrons.